The molecule has 21 heavy (non-hydrogen) atoms. The van der Waals surface area contributed by atoms with Crippen LogP contribution in [0.4, 0.5) is 0 Å². The molecule has 0 radical (unpaired) electrons. The van der Waals surface area contributed by atoms with Gasteiger partial charge in [-0.1, -0.05) is 6.07 Å². The van der Waals surface area contributed by atoms with Crippen LogP contribution >= 0.6 is 0 Å². The van der Waals surface area contributed by atoms with E-state index in [2.05, 4.69) is 5.32 Å². The first kappa shape index (κ1) is 14.2. The molecule has 1 aliphatic heterocycles. The predicted molar refractivity (Wildman–Crippen MR) is 79.2 cm³/mol. The van der Waals surface area contributed by atoms with Crippen LogP contribution in [0.5, 0.6) is 0 Å². The predicted octanol–water partition coefficient (Wildman–Crippen LogP) is 0.457. The van der Waals surface area contributed by atoms with E-state index in [1.54, 1.807) is 24.3 Å². The highest BCUT2D eigenvalue weighted by Crippen LogP contribution is 2.25. The highest BCUT2D eigenvalue weighted by molar-refractivity contribution is 7.89. The zero-order chi connectivity index (χ0) is 14.9. The van der Waals surface area contributed by atoms with E-state index in [4.69, 9.17) is 0 Å². The third-order valence-corrected chi connectivity index (χ3v) is 5.63. The van der Waals surface area contributed by atoms with E-state index in [0.29, 0.717) is 35.1 Å². The van der Waals surface area contributed by atoms with Gasteiger partial charge in [-0.25, -0.2) is 8.42 Å². The van der Waals surface area contributed by atoms with Crippen LogP contribution in [0.25, 0.3) is 10.8 Å². The topological polar surface area (TPSA) is 76.3 Å². The first-order valence-electron chi connectivity index (χ1n) is 6.91. The number of fused-ring (bicyclic) bond motifs is 1. The number of nitrogens with zero attached hydrogens (tertiary/aromatic N) is 2. The molecule has 2 aromatic rings. The van der Waals surface area contributed by atoms with Gasteiger partial charge in [-0.2, -0.15) is 9.04 Å². The van der Waals surface area contributed by atoms with Crippen molar-refractivity contribution >= 4 is 20.8 Å². The van der Waals surface area contributed by atoms with Gasteiger partial charge < -0.3 is 10.5 Å². The molecule has 0 unspecified atom stereocenters. The molecule has 2 heterocycles. The summed E-state index contributed by atoms with van der Waals surface area (Å²) in [5, 5.41) is 15.7. The Morgan fingerprint density at radius 1 is 1.19 bits per heavy atom. The first-order valence-corrected chi connectivity index (χ1v) is 8.35. The van der Waals surface area contributed by atoms with Crippen molar-refractivity contribution in [2.75, 3.05) is 26.2 Å². The number of pyridine rings is 1. The Morgan fingerprint density at radius 3 is 2.90 bits per heavy atom. The van der Waals surface area contributed by atoms with Gasteiger partial charge in [0, 0.05) is 36.5 Å². The van der Waals surface area contributed by atoms with E-state index in [1.807, 2.05) is 0 Å². The number of rotatable bonds is 2. The van der Waals surface area contributed by atoms with Crippen molar-refractivity contribution in [2.45, 2.75) is 11.3 Å². The molecule has 0 saturated carbocycles. The van der Waals surface area contributed by atoms with E-state index < -0.39 is 10.0 Å². The first-order chi connectivity index (χ1) is 10.1. The van der Waals surface area contributed by atoms with Crippen LogP contribution in [0.1, 0.15) is 6.42 Å². The smallest absolute Gasteiger partial charge is 0.243 e. The van der Waals surface area contributed by atoms with Gasteiger partial charge in [0.25, 0.3) is 0 Å². The van der Waals surface area contributed by atoms with Crippen molar-refractivity contribution in [3.8, 4) is 0 Å². The van der Waals surface area contributed by atoms with Gasteiger partial charge >= 0.3 is 0 Å². The van der Waals surface area contributed by atoms with Gasteiger partial charge in [0.05, 0.1) is 4.90 Å². The maximum absolute atomic E-state index is 12.9. The minimum Gasteiger partial charge on any atom is -0.619 e. The Morgan fingerprint density at radius 2 is 2.05 bits per heavy atom. The van der Waals surface area contributed by atoms with E-state index >= 15 is 0 Å². The number of sulfonamides is 1. The average Bonchev–Trinajstić information content (AvgIpc) is 2.75. The lowest BCUT2D eigenvalue weighted by Gasteiger charge is -2.20. The molecule has 1 fully saturated rings. The van der Waals surface area contributed by atoms with Gasteiger partial charge in [0.1, 0.15) is 0 Å². The van der Waals surface area contributed by atoms with Gasteiger partial charge in [-0.3, -0.25) is 0 Å². The molecule has 1 aliphatic rings. The van der Waals surface area contributed by atoms with E-state index in [-0.39, 0.29) is 4.90 Å². The molecule has 0 bridgehead atoms. The number of aromatic nitrogens is 1. The molecule has 0 aliphatic carbocycles. The third-order valence-electron chi connectivity index (χ3n) is 3.67. The number of benzene rings is 1. The molecule has 1 aromatic carbocycles. The van der Waals surface area contributed by atoms with Crippen LogP contribution < -0.4 is 10.0 Å². The molecule has 1 saturated heterocycles. The standard InChI is InChI=1S/C14H17N3O3S/c18-16-9-5-13-12(11-16)3-1-4-14(13)21(19,20)17-8-2-6-15-7-10-17/h1,3-5,9,11,15H,2,6-8,10H2. The van der Waals surface area contributed by atoms with E-state index in [0.717, 1.165) is 13.0 Å². The van der Waals surface area contributed by atoms with Crippen LogP contribution in [0.15, 0.2) is 41.6 Å². The zero-order valence-electron chi connectivity index (χ0n) is 11.5. The lowest BCUT2D eigenvalue weighted by atomic mass is 10.2. The summed E-state index contributed by atoms with van der Waals surface area (Å²) in [5.74, 6) is 0. The van der Waals surface area contributed by atoms with Crippen molar-refractivity contribution in [2.24, 2.45) is 0 Å². The van der Waals surface area contributed by atoms with Crippen molar-refractivity contribution in [3.05, 3.63) is 41.9 Å². The average molecular weight is 307 g/mol. The van der Waals surface area contributed by atoms with Crippen molar-refractivity contribution in [1.82, 2.24) is 9.62 Å². The largest absolute Gasteiger partial charge is 0.619 e. The summed E-state index contributed by atoms with van der Waals surface area (Å²) in [7, 11) is -3.54. The number of hydrogen-bond donors (Lipinski definition) is 1. The van der Waals surface area contributed by atoms with Crippen molar-refractivity contribution < 1.29 is 13.1 Å². The number of hydrogen-bond acceptors (Lipinski definition) is 4. The molecule has 7 heteroatoms. The van der Waals surface area contributed by atoms with Gasteiger partial charge in [-0.05, 0) is 25.1 Å². The molecule has 0 spiro atoms. The Hall–Kier alpha value is -1.70. The lowest BCUT2D eigenvalue weighted by Crippen LogP contribution is -2.34. The lowest BCUT2D eigenvalue weighted by molar-refractivity contribution is -0.603. The van der Waals surface area contributed by atoms with Gasteiger partial charge in [0.2, 0.25) is 10.0 Å². The summed E-state index contributed by atoms with van der Waals surface area (Å²) >= 11 is 0. The summed E-state index contributed by atoms with van der Waals surface area (Å²) in [4.78, 5) is 0.266. The summed E-state index contributed by atoms with van der Waals surface area (Å²) in [6.07, 6.45) is 3.51. The fourth-order valence-electron chi connectivity index (χ4n) is 2.61. The van der Waals surface area contributed by atoms with Crippen molar-refractivity contribution in [1.29, 1.82) is 0 Å². The highest BCUT2D eigenvalue weighted by Gasteiger charge is 2.26. The summed E-state index contributed by atoms with van der Waals surface area (Å²) in [5.41, 5.74) is 0. The molecular formula is C14H17N3O3S. The molecule has 6 nitrogen and oxygen atoms in total. The van der Waals surface area contributed by atoms with Gasteiger partial charge in [-0.15, -0.1) is 0 Å². The van der Waals surface area contributed by atoms with E-state index in [1.165, 1.54) is 16.7 Å². The summed E-state index contributed by atoms with van der Waals surface area (Å²) in [6.45, 7) is 2.47. The summed E-state index contributed by atoms with van der Waals surface area (Å²) < 4.78 is 27.9. The molecular weight excluding hydrogens is 290 g/mol. The Labute approximate surface area is 123 Å². The molecule has 112 valence electrons. The monoisotopic (exact) mass is 307 g/mol. The minimum absolute atomic E-state index is 0.266. The molecule has 1 N–H and O–H groups in total. The molecule has 1 aromatic heterocycles. The minimum atomic E-state index is -3.54. The summed E-state index contributed by atoms with van der Waals surface area (Å²) in [6, 6.07) is 6.58. The Kier molecular flexibility index (Phi) is 3.79. The molecule has 0 amide bonds. The van der Waals surface area contributed by atoms with Crippen LogP contribution in [-0.4, -0.2) is 38.9 Å². The highest BCUT2D eigenvalue weighted by atomic mass is 32.2. The number of nitrogens with one attached hydrogen (secondary N) is 1. The molecule has 0 atom stereocenters. The SMILES string of the molecule is O=S(=O)(c1cccc2c[n+]([O-])ccc12)N1CCCNCC1. The van der Waals surface area contributed by atoms with Crippen molar-refractivity contribution in [3.63, 3.8) is 0 Å². The van der Waals surface area contributed by atoms with Crippen LogP contribution in [0, 0.1) is 5.21 Å². The second-order valence-corrected chi connectivity index (χ2v) is 6.98. The van der Waals surface area contributed by atoms with Crippen LogP contribution in [-0.2, 0) is 10.0 Å². The Bertz CT molecular complexity index is 753. The maximum atomic E-state index is 12.9. The zero-order valence-corrected chi connectivity index (χ0v) is 12.3. The third kappa shape index (κ3) is 2.72. The second kappa shape index (κ2) is 5.59. The normalized spacial score (nSPS) is 17.7. The van der Waals surface area contributed by atoms with Crippen LogP contribution in [0.2, 0.25) is 0 Å². The van der Waals surface area contributed by atoms with E-state index in [9.17, 15) is 13.6 Å². The fraction of sp³-hybridized carbons (Fsp3) is 0.357. The van der Waals surface area contributed by atoms with Gasteiger partial charge in [0.15, 0.2) is 12.4 Å². The maximum Gasteiger partial charge on any atom is 0.243 e. The Balaban J connectivity index is 2.10. The fourth-order valence-corrected chi connectivity index (χ4v) is 4.30. The molecule has 3 rings (SSSR count). The van der Waals surface area contributed by atoms with Crippen LogP contribution in [0.3, 0.4) is 0 Å². The second-order valence-electron chi connectivity index (χ2n) is 5.07. The quantitative estimate of drug-likeness (QED) is 0.646.